The van der Waals surface area contributed by atoms with Crippen molar-refractivity contribution in [1.29, 1.82) is 0 Å². The monoisotopic (exact) mass is 617 g/mol. The summed E-state index contributed by atoms with van der Waals surface area (Å²) in [6.07, 6.45) is 0. The number of halogens is 3. The Bertz CT molecular complexity index is 1460. The number of carbonyl (C=O) groups is 2. The van der Waals surface area contributed by atoms with E-state index >= 15 is 0 Å². The van der Waals surface area contributed by atoms with Gasteiger partial charge in [0, 0.05) is 5.02 Å². The zero-order valence-corrected chi connectivity index (χ0v) is 22.7. The minimum atomic E-state index is -0.787. The van der Waals surface area contributed by atoms with E-state index in [9.17, 15) is 9.59 Å². The van der Waals surface area contributed by atoms with E-state index in [0.29, 0.717) is 10.7 Å². The van der Waals surface area contributed by atoms with Crippen LogP contribution in [-0.4, -0.2) is 11.8 Å². The minimum Gasteiger partial charge on any atom is -0.274 e. The highest BCUT2D eigenvalue weighted by Gasteiger charge is 2.72. The first-order chi connectivity index (χ1) is 17.4. The van der Waals surface area contributed by atoms with Crippen molar-refractivity contribution in [2.24, 2.45) is 11.8 Å². The molecule has 4 aliphatic rings. The second kappa shape index (κ2) is 7.64. The molecule has 1 saturated heterocycles. The van der Waals surface area contributed by atoms with Gasteiger partial charge in [-0.1, -0.05) is 116 Å². The average Bonchev–Trinajstić information content (AvgIpc) is 3.19. The fourth-order valence-electron chi connectivity index (χ4n) is 6.37. The van der Waals surface area contributed by atoms with Gasteiger partial charge in [-0.3, -0.25) is 9.59 Å². The zero-order chi connectivity index (χ0) is 24.8. The zero-order valence-electron chi connectivity index (χ0n) is 18.8. The lowest BCUT2D eigenvalue weighted by Gasteiger charge is -2.55. The van der Waals surface area contributed by atoms with Gasteiger partial charge in [-0.25, -0.2) is 4.90 Å². The summed E-state index contributed by atoms with van der Waals surface area (Å²) in [5.74, 6) is -1.53. The number of amides is 2. The van der Waals surface area contributed by atoms with Crippen LogP contribution >= 0.6 is 43.5 Å². The Morgan fingerprint density at radius 1 is 0.583 bits per heavy atom. The number of nitrogens with zero attached hydrogens (tertiary/aromatic N) is 1. The SMILES string of the molecule is O=C1[C@@H]2[C@@H](C(=O)N1c1ccc(-c3ccc(Cl)cc3)cc1)C1(Br)c3ccccc3C2(Br)c2ccccc21. The summed E-state index contributed by atoms with van der Waals surface area (Å²) in [5, 5.41) is 0.676. The Kier molecular flexibility index (Phi) is 4.77. The molecule has 2 atom stereocenters. The van der Waals surface area contributed by atoms with E-state index in [1.807, 2.05) is 72.8 Å². The van der Waals surface area contributed by atoms with Crippen LogP contribution in [0.2, 0.25) is 5.02 Å². The topological polar surface area (TPSA) is 37.4 Å². The normalized spacial score (nSPS) is 27.6. The lowest BCUT2D eigenvalue weighted by Crippen LogP contribution is -2.56. The molecule has 1 aliphatic heterocycles. The molecule has 4 aromatic rings. The molecule has 0 N–H and O–H groups in total. The summed E-state index contributed by atoms with van der Waals surface area (Å²) < 4.78 is -1.57. The maximum Gasteiger partial charge on any atom is 0.239 e. The molecular weight excluding hydrogens is 602 g/mol. The van der Waals surface area contributed by atoms with Gasteiger partial charge in [0.2, 0.25) is 11.8 Å². The Labute approximate surface area is 230 Å². The third-order valence-electron chi connectivity index (χ3n) is 7.89. The largest absolute Gasteiger partial charge is 0.274 e. The molecule has 6 heteroatoms. The number of rotatable bonds is 2. The Hall–Kier alpha value is -2.73. The van der Waals surface area contributed by atoms with Gasteiger partial charge in [-0.2, -0.15) is 0 Å². The van der Waals surface area contributed by atoms with Crippen molar-refractivity contribution in [2.45, 2.75) is 8.65 Å². The maximum absolute atomic E-state index is 14.1. The highest BCUT2D eigenvalue weighted by Crippen LogP contribution is 2.70. The Balaban J connectivity index is 1.37. The van der Waals surface area contributed by atoms with Crippen molar-refractivity contribution in [1.82, 2.24) is 0 Å². The fraction of sp³-hybridized carbons (Fsp3) is 0.133. The standard InChI is InChI=1S/C30H18Br2ClNO2/c31-29-21-5-1-2-6-22(21)30(32,24-8-4-3-7-23(24)29)26-25(29)27(35)34(28(26)36)20-15-11-18(12-16-20)17-9-13-19(33)14-10-17/h1-16,25-26H/t25-,26-,29?,30?/m0/s1. The van der Waals surface area contributed by atoms with Gasteiger partial charge in [-0.05, 0) is 57.6 Å². The van der Waals surface area contributed by atoms with Crippen LogP contribution in [0.4, 0.5) is 5.69 Å². The second-order valence-corrected chi connectivity index (χ2v) is 12.5. The van der Waals surface area contributed by atoms with Gasteiger partial charge in [0.15, 0.2) is 0 Å². The van der Waals surface area contributed by atoms with E-state index in [2.05, 4.69) is 56.1 Å². The number of imide groups is 1. The molecule has 2 bridgehead atoms. The lowest BCUT2D eigenvalue weighted by molar-refractivity contribution is -0.122. The Morgan fingerprint density at radius 3 is 1.33 bits per heavy atom. The first kappa shape index (κ1) is 22.5. The van der Waals surface area contributed by atoms with E-state index in [0.717, 1.165) is 33.4 Å². The van der Waals surface area contributed by atoms with E-state index < -0.39 is 20.5 Å². The summed E-state index contributed by atoms with van der Waals surface area (Å²) >= 11 is 14.1. The number of carbonyl (C=O) groups excluding carboxylic acids is 2. The fourth-order valence-corrected chi connectivity index (χ4v) is 8.80. The maximum atomic E-state index is 14.1. The molecule has 3 aliphatic carbocycles. The smallest absolute Gasteiger partial charge is 0.239 e. The van der Waals surface area contributed by atoms with E-state index in [4.69, 9.17) is 11.6 Å². The molecule has 4 aromatic carbocycles. The van der Waals surface area contributed by atoms with Crippen LogP contribution < -0.4 is 4.90 Å². The number of benzene rings is 4. The predicted octanol–water partition coefficient (Wildman–Crippen LogP) is 7.42. The van der Waals surface area contributed by atoms with Crippen LogP contribution in [0, 0.1) is 11.8 Å². The van der Waals surface area contributed by atoms with E-state index in [1.54, 1.807) is 0 Å². The molecule has 176 valence electrons. The van der Waals surface area contributed by atoms with Gasteiger partial charge in [0.1, 0.15) is 0 Å². The lowest BCUT2D eigenvalue weighted by atomic mass is 9.54. The summed E-state index contributed by atoms with van der Waals surface area (Å²) in [6.45, 7) is 0. The van der Waals surface area contributed by atoms with Crippen LogP contribution in [0.25, 0.3) is 11.1 Å². The van der Waals surface area contributed by atoms with Crippen molar-refractivity contribution < 1.29 is 9.59 Å². The summed E-state index contributed by atoms with van der Waals surface area (Å²) in [7, 11) is 0. The first-order valence-electron chi connectivity index (χ1n) is 11.7. The highest BCUT2D eigenvalue weighted by molar-refractivity contribution is 9.10. The molecule has 0 unspecified atom stereocenters. The van der Waals surface area contributed by atoms with Gasteiger partial charge >= 0.3 is 0 Å². The molecule has 1 fully saturated rings. The van der Waals surface area contributed by atoms with Crippen LogP contribution in [0.15, 0.2) is 97.1 Å². The number of hydrogen-bond donors (Lipinski definition) is 0. The van der Waals surface area contributed by atoms with Crippen molar-refractivity contribution in [2.75, 3.05) is 4.90 Å². The molecule has 3 nitrogen and oxygen atoms in total. The van der Waals surface area contributed by atoms with Crippen LogP contribution in [-0.2, 0) is 18.2 Å². The molecule has 0 radical (unpaired) electrons. The predicted molar refractivity (Wildman–Crippen MR) is 149 cm³/mol. The van der Waals surface area contributed by atoms with Crippen LogP contribution in [0.3, 0.4) is 0 Å². The van der Waals surface area contributed by atoms with Crippen molar-refractivity contribution in [3.8, 4) is 11.1 Å². The molecule has 8 rings (SSSR count). The highest BCUT2D eigenvalue weighted by atomic mass is 79.9. The van der Waals surface area contributed by atoms with Gasteiger partial charge in [0.05, 0.1) is 26.2 Å². The van der Waals surface area contributed by atoms with E-state index in [1.165, 1.54) is 4.90 Å². The quantitative estimate of drug-likeness (QED) is 0.173. The summed E-state index contributed by atoms with van der Waals surface area (Å²) in [5.41, 5.74) is 6.70. The van der Waals surface area contributed by atoms with Crippen molar-refractivity contribution >= 4 is 61.0 Å². The molecular formula is C30H18Br2ClNO2. The summed E-state index contributed by atoms with van der Waals surface area (Å²) in [4.78, 5) is 29.7. The summed E-state index contributed by atoms with van der Waals surface area (Å²) in [6, 6.07) is 31.4. The van der Waals surface area contributed by atoms with Gasteiger partial charge in [0.25, 0.3) is 0 Å². The number of hydrogen-bond acceptors (Lipinski definition) is 2. The minimum absolute atomic E-state index is 0.186. The Morgan fingerprint density at radius 2 is 0.944 bits per heavy atom. The molecule has 2 amide bonds. The van der Waals surface area contributed by atoms with Crippen molar-refractivity contribution in [3.05, 3.63) is 124 Å². The first-order valence-corrected chi connectivity index (χ1v) is 13.6. The molecule has 1 heterocycles. The van der Waals surface area contributed by atoms with Gasteiger partial charge < -0.3 is 0 Å². The molecule has 36 heavy (non-hydrogen) atoms. The van der Waals surface area contributed by atoms with E-state index in [-0.39, 0.29) is 11.8 Å². The third kappa shape index (κ3) is 2.69. The molecule has 0 saturated carbocycles. The second-order valence-electron chi connectivity index (χ2n) is 9.54. The van der Waals surface area contributed by atoms with Crippen LogP contribution in [0.1, 0.15) is 22.3 Å². The van der Waals surface area contributed by atoms with Gasteiger partial charge in [-0.15, -0.1) is 0 Å². The molecule has 0 aromatic heterocycles. The number of anilines is 1. The number of alkyl halides is 2. The third-order valence-corrected chi connectivity index (χ3v) is 10.8. The average molecular weight is 620 g/mol. The van der Waals surface area contributed by atoms with Crippen molar-refractivity contribution in [3.63, 3.8) is 0 Å². The molecule has 0 spiro atoms. The van der Waals surface area contributed by atoms with Crippen LogP contribution in [0.5, 0.6) is 0 Å².